The Bertz CT molecular complexity index is 1650. The first-order chi connectivity index (χ1) is 16.7. The Morgan fingerprint density at radius 2 is 2.06 bits per heavy atom. The van der Waals surface area contributed by atoms with Crippen LogP contribution < -0.4 is 5.32 Å². The van der Waals surface area contributed by atoms with Crippen molar-refractivity contribution in [1.29, 1.82) is 0 Å². The first-order valence-electron chi connectivity index (χ1n) is 10.8. The molecule has 0 saturated carbocycles. The number of hydrogen-bond acceptors (Lipinski definition) is 6. The van der Waals surface area contributed by atoms with Crippen LogP contribution in [0.1, 0.15) is 13.3 Å². The van der Waals surface area contributed by atoms with E-state index in [0.29, 0.717) is 12.1 Å². The molecule has 3 N–H and O–H groups in total. The van der Waals surface area contributed by atoms with E-state index in [2.05, 4.69) is 53.4 Å². The van der Waals surface area contributed by atoms with Crippen molar-refractivity contribution in [3.05, 3.63) is 65.7 Å². The summed E-state index contributed by atoms with van der Waals surface area (Å²) in [7, 11) is 0. The van der Waals surface area contributed by atoms with Gasteiger partial charge in [0.1, 0.15) is 16.9 Å². The van der Waals surface area contributed by atoms with Crippen molar-refractivity contribution < 1.29 is 4.79 Å². The smallest absolute Gasteiger partial charge is 0.224 e. The SMILES string of the molecule is CCC(=O)Nc1cncc(-c2ccc3[nH]nc(-c4cc5c(-c6ccsc6)ccnc5[nH]4)c3n2)c1. The number of carbonyl (C=O) groups excluding carboxylic acids is 1. The fraction of sp³-hybridized carbons (Fsp3) is 0.0800. The molecule has 0 aromatic carbocycles. The standard InChI is InChI=1S/C25H19N7OS/c1-2-22(33)28-16-9-15(11-26-12-16)19-3-4-20-23(29-19)24(32-31-20)21-10-18-17(14-6-8-34-13-14)5-7-27-25(18)30-21/h3-13H,2H2,1H3,(H,27,30)(H,28,33)(H,31,32). The van der Waals surface area contributed by atoms with Gasteiger partial charge in [-0.1, -0.05) is 6.92 Å². The summed E-state index contributed by atoms with van der Waals surface area (Å²) >= 11 is 1.67. The van der Waals surface area contributed by atoms with Crippen LogP contribution in [0.4, 0.5) is 5.69 Å². The van der Waals surface area contributed by atoms with Gasteiger partial charge in [-0.3, -0.25) is 14.9 Å². The molecule has 0 radical (unpaired) electrons. The second-order valence-electron chi connectivity index (χ2n) is 7.84. The highest BCUT2D eigenvalue weighted by Crippen LogP contribution is 2.34. The van der Waals surface area contributed by atoms with Gasteiger partial charge in [0.2, 0.25) is 5.91 Å². The lowest BCUT2D eigenvalue weighted by Crippen LogP contribution is -2.09. The summed E-state index contributed by atoms with van der Waals surface area (Å²) in [6.45, 7) is 1.81. The first kappa shape index (κ1) is 20.3. The number of aromatic nitrogens is 6. The summed E-state index contributed by atoms with van der Waals surface area (Å²) in [6.07, 6.45) is 5.57. The Kier molecular flexibility index (Phi) is 4.88. The Labute approximate surface area is 198 Å². The van der Waals surface area contributed by atoms with Crippen LogP contribution in [0.2, 0.25) is 0 Å². The second-order valence-corrected chi connectivity index (χ2v) is 8.62. The van der Waals surface area contributed by atoms with Gasteiger partial charge in [0.25, 0.3) is 0 Å². The number of fused-ring (bicyclic) bond motifs is 2. The molecule has 0 fully saturated rings. The molecule has 6 heterocycles. The average Bonchev–Trinajstić information content (AvgIpc) is 3.62. The van der Waals surface area contributed by atoms with E-state index in [4.69, 9.17) is 4.98 Å². The van der Waals surface area contributed by atoms with Gasteiger partial charge in [0.15, 0.2) is 0 Å². The first-order valence-corrected chi connectivity index (χ1v) is 11.7. The lowest BCUT2D eigenvalue weighted by molar-refractivity contribution is -0.115. The van der Waals surface area contributed by atoms with Crippen LogP contribution >= 0.6 is 11.3 Å². The van der Waals surface area contributed by atoms with Gasteiger partial charge in [-0.2, -0.15) is 16.4 Å². The van der Waals surface area contributed by atoms with Gasteiger partial charge in [-0.25, -0.2) is 9.97 Å². The van der Waals surface area contributed by atoms with E-state index >= 15 is 0 Å². The molecule has 0 spiro atoms. The van der Waals surface area contributed by atoms with E-state index in [0.717, 1.165) is 55.8 Å². The number of pyridine rings is 3. The molecule has 0 unspecified atom stereocenters. The highest BCUT2D eigenvalue weighted by Gasteiger charge is 2.16. The molecule has 34 heavy (non-hydrogen) atoms. The van der Waals surface area contributed by atoms with Crippen LogP contribution in [0.25, 0.3) is 55.8 Å². The number of hydrogen-bond donors (Lipinski definition) is 3. The quantitative estimate of drug-likeness (QED) is 0.305. The molecule has 0 bridgehead atoms. The van der Waals surface area contributed by atoms with E-state index in [1.54, 1.807) is 23.7 Å². The van der Waals surface area contributed by atoms with Crippen LogP contribution in [0.5, 0.6) is 0 Å². The predicted octanol–water partition coefficient (Wildman–Crippen LogP) is 5.64. The highest BCUT2D eigenvalue weighted by molar-refractivity contribution is 7.08. The molecule has 0 saturated heterocycles. The zero-order valence-corrected chi connectivity index (χ0v) is 19.0. The van der Waals surface area contributed by atoms with Crippen molar-refractivity contribution in [3.63, 3.8) is 0 Å². The molecule has 0 aliphatic heterocycles. The van der Waals surface area contributed by atoms with Gasteiger partial charge >= 0.3 is 0 Å². The van der Waals surface area contributed by atoms with Gasteiger partial charge in [0, 0.05) is 29.8 Å². The average molecular weight is 466 g/mol. The summed E-state index contributed by atoms with van der Waals surface area (Å²) in [4.78, 5) is 28.8. The van der Waals surface area contributed by atoms with E-state index in [9.17, 15) is 4.79 Å². The number of nitrogens with one attached hydrogen (secondary N) is 3. The molecule has 166 valence electrons. The Hall–Kier alpha value is -4.37. The third-order valence-corrected chi connectivity index (χ3v) is 6.35. The summed E-state index contributed by atoms with van der Waals surface area (Å²) in [5.41, 5.74) is 8.39. The minimum atomic E-state index is -0.0614. The van der Waals surface area contributed by atoms with Crippen LogP contribution in [-0.4, -0.2) is 36.0 Å². The molecular formula is C25H19N7OS. The summed E-state index contributed by atoms with van der Waals surface area (Å²) in [6, 6.07) is 11.9. The van der Waals surface area contributed by atoms with Crippen LogP contribution in [0.15, 0.2) is 65.7 Å². The van der Waals surface area contributed by atoms with Gasteiger partial charge in [0.05, 0.1) is 28.8 Å². The maximum Gasteiger partial charge on any atom is 0.224 e. The molecule has 0 atom stereocenters. The number of anilines is 1. The highest BCUT2D eigenvalue weighted by atomic mass is 32.1. The van der Waals surface area contributed by atoms with Crippen molar-refractivity contribution in [2.45, 2.75) is 13.3 Å². The Morgan fingerprint density at radius 3 is 2.91 bits per heavy atom. The van der Waals surface area contributed by atoms with Gasteiger partial charge < -0.3 is 10.3 Å². The number of carbonyl (C=O) groups is 1. The van der Waals surface area contributed by atoms with E-state index in [1.807, 2.05) is 37.4 Å². The predicted molar refractivity (Wildman–Crippen MR) is 134 cm³/mol. The van der Waals surface area contributed by atoms with Gasteiger partial charge in [-0.15, -0.1) is 0 Å². The lowest BCUT2D eigenvalue weighted by atomic mass is 10.1. The molecule has 6 aromatic heterocycles. The Morgan fingerprint density at radius 1 is 1.12 bits per heavy atom. The molecule has 1 amide bonds. The van der Waals surface area contributed by atoms with Crippen molar-refractivity contribution >= 4 is 45.0 Å². The van der Waals surface area contributed by atoms with Crippen LogP contribution in [0, 0.1) is 0 Å². The summed E-state index contributed by atoms with van der Waals surface area (Å²) < 4.78 is 0. The second kappa shape index (κ2) is 8.20. The maximum atomic E-state index is 11.8. The zero-order chi connectivity index (χ0) is 23.1. The largest absolute Gasteiger partial charge is 0.338 e. The minimum absolute atomic E-state index is 0.0614. The van der Waals surface area contributed by atoms with Crippen molar-refractivity contribution in [2.75, 3.05) is 5.32 Å². The number of rotatable bonds is 5. The lowest BCUT2D eigenvalue weighted by Gasteiger charge is -2.06. The molecule has 0 aliphatic carbocycles. The number of amides is 1. The third-order valence-electron chi connectivity index (χ3n) is 5.67. The molecule has 8 nitrogen and oxygen atoms in total. The third kappa shape index (κ3) is 3.52. The minimum Gasteiger partial charge on any atom is -0.338 e. The summed E-state index contributed by atoms with van der Waals surface area (Å²) in [5, 5.41) is 15.7. The molecule has 0 aliphatic rings. The van der Waals surface area contributed by atoms with Crippen molar-refractivity contribution in [1.82, 2.24) is 30.1 Å². The van der Waals surface area contributed by atoms with Crippen LogP contribution in [-0.2, 0) is 4.79 Å². The number of nitrogens with zero attached hydrogens (tertiary/aromatic N) is 4. The molecular weight excluding hydrogens is 446 g/mol. The molecule has 9 heteroatoms. The van der Waals surface area contributed by atoms with Crippen molar-refractivity contribution in [2.24, 2.45) is 0 Å². The van der Waals surface area contributed by atoms with Crippen molar-refractivity contribution in [3.8, 4) is 33.8 Å². The monoisotopic (exact) mass is 465 g/mol. The van der Waals surface area contributed by atoms with Crippen LogP contribution in [0.3, 0.4) is 0 Å². The Balaban J connectivity index is 1.43. The van der Waals surface area contributed by atoms with E-state index in [-0.39, 0.29) is 5.91 Å². The topological polar surface area (TPSA) is 112 Å². The zero-order valence-electron chi connectivity index (χ0n) is 18.2. The maximum absolute atomic E-state index is 11.8. The number of thiophene rings is 1. The fourth-order valence-electron chi connectivity index (χ4n) is 3.97. The molecule has 6 rings (SSSR count). The summed E-state index contributed by atoms with van der Waals surface area (Å²) in [5.74, 6) is -0.0614. The van der Waals surface area contributed by atoms with Gasteiger partial charge in [-0.05, 0) is 58.3 Å². The fourth-order valence-corrected chi connectivity index (χ4v) is 4.63. The number of H-pyrrole nitrogens is 2. The van der Waals surface area contributed by atoms with E-state index in [1.165, 1.54) is 0 Å². The molecule has 6 aromatic rings. The van der Waals surface area contributed by atoms with E-state index < -0.39 is 0 Å². The normalized spacial score (nSPS) is 11.3. The number of aromatic amines is 2.